The molecule has 0 aliphatic carbocycles. The van der Waals surface area contributed by atoms with Gasteiger partial charge in [0.15, 0.2) is 0 Å². The molecule has 0 unspecified atom stereocenters. The lowest BCUT2D eigenvalue weighted by Crippen LogP contribution is -2.33. The molecular formula is C13H12F2O4S. The van der Waals surface area contributed by atoms with E-state index in [4.69, 9.17) is 4.55 Å². The van der Waals surface area contributed by atoms with E-state index in [-0.39, 0.29) is 6.61 Å². The van der Waals surface area contributed by atoms with Crippen molar-refractivity contribution in [1.82, 2.24) is 0 Å². The number of hydrogen-bond donors (Lipinski definition) is 1. The van der Waals surface area contributed by atoms with Gasteiger partial charge in [0, 0.05) is 0 Å². The molecule has 0 spiro atoms. The third-order valence-electron chi connectivity index (χ3n) is 2.73. The Morgan fingerprint density at radius 3 is 2.40 bits per heavy atom. The molecule has 1 N–H and O–H groups in total. The quantitative estimate of drug-likeness (QED) is 0.863. The van der Waals surface area contributed by atoms with Crippen LogP contribution >= 0.6 is 0 Å². The van der Waals surface area contributed by atoms with Crippen molar-refractivity contribution in [2.24, 2.45) is 0 Å². The zero-order chi connectivity index (χ0) is 14.8. The molecule has 2 rings (SSSR count). The van der Waals surface area contributed by atoms with Crippen molar-refractivity contribution in [2.75, 3.05) is 6.61 Å². The van der Waals surface area contributed by atoms with E-state index in [1.807, 2.05) is 30.3 Å². The summed E-state index contributed by atoms with van der Waals surface area (Å²) < 4.78 is 59.6. The van der Waals surface area contributed by atoms with Crippen LogP contribution in [0.25, 0.3) is 10.8 Å². The summed E-state index contributed by atoms with van der Waals surface area (Å²) in [4.78, 5) is 0. The summed E-state index contributed by atoms with van der Waals surface area (Å²) in [5, 5.41) is -2.38. The van der Waals surface area contributed by atoms with Crippen molar-refractivity contribution < 1.29 is 26.5 Å². The van der Waals surface area contributed by atoms with Crippen LogP contribution < -0.4 is 0 Å². The minimum atomic E-state index is -5.45. The molecule has 20 heavy (non-hydrogen) atoms. The molecule has 2 aromatic carbocycles. The summed E-state index contributed by atoms with van der Waals surface area (Å²) in [5.74, 6) is 0. The fraction of sp³-hybridized carbons (Fsp3) is 0.231. The Labute approximate surface area is 114 Å². The van der Waals surface area contributed by atoms with Gasteiger partial charge in [-0.3, -0.25) is 4.55 Å². The Bertz CT molecular complexity index is 713. The summed E-state index contributed by atoms with van der Waals surface area (Å²) in [6, 6.07) is 12.8. The van der Waals surface area contributed by atoms with Crippen LogP contribution in [-0.4, -0.2) is 24.8 Å². The van der Waals surface area contributed by atoms with Crippen LogP contribution in [0.2, 0.25) is 0 Å². The van der Waals surface area contributed by atoms with Gasteiger partial charge < -0.3 is 4.74 Å². The summed E-state index contributed by atoms with van der Waals surface area (Å²) in [6.45, 7) is -1.56. The summed E-state index contributed by atoms with van der Waals surface area (Å²) >= 11 is 0. The van der Waals surface area contributed by atoms with E-state index in [2.05, 4.69) is 4.74 Å². The van der Waals surface area contributed by atoms with E-state index in [9.17, 15) is 17.2 Å². The molecule has 0 bridgehead atoms. The maximum atomic E-state index is 12.9. The van der Waals surface area contributed by atoms with Gasteiger partial charge in [0.1, 0.15) is 6.61 Å². The van der Waals surface area contributed by atoms with Gasteiger partial charge in [-0.1, -0.05) is 36.4 Å². The van der Waals surface area contributed by atoms with E-state index in [0.717, 1.165) is 10.8 Å². The molecule has 0 atom stereocenters. The fourth-order valence-corrected chi connectivity index (χ4v) is 1.92. The number of alkyl halides is 2. The molecule has 0 aliphatic heterocycles. The fourth-order valence-electron chi connectivity index (χ4n) is 1.69. The van der Waals surface area contributed by atoms with Crippen LogP contribution in [0.3, 0.4) is 0 Å². The second-order valence-corrected chi connectivity index (χ2v) is 5.83. The van der Waals surface area contributed by atoms with Gasteiger partial charge in [0.25, 0.3) is 0 Å². The lowest BCUT2D eigenvalue weighted by Gasteiger charge is -2.13. The van der Waals surface area contributed by atoms with Gasteiger partial charge in [0.2, 0.25) is 0 Å². The predicted octanol–water partition coefficient (Wildman–Crippen LogP) is 2.84. The largest absolute Gasteiger partial charge is 0.392 e. The minimum absolute atomic E-state index is 0.171. The van der Waals surface area contributed by atoms with E-state index < -0.39 is 22.0 Å². The summed E-state index contributed by atoms with van der Waals surface area (Å²) in [7, 11) is -5.45. The maximum Gasteiger partial charge on any atom is 0.392 e. The van der Waals surface area contributed by atoms with Crippen molar-refractivity contribution in [1.29, 1.82) is 0 Å². The first-order chi connectivity index (χ1) is 9.29. The summed E-state index contributed by atoms with van der Waals surface area (Å²) in [5.41, 5.74) is 0.634. The van der Waals surface area contributed by atoms with Crippen molar-refractivity contribution >= 4 is 20.9 Å². The molecule has 0 fully saturated rings. The van der Waals surface area contributed by atoms with Crippen molar-refractivity contribution in [3.8, 4) is 0 Å². The lowest BCUT2D eigenvalue weighted by atomic mass is 10.1. The van der Waals surface area contributed by atoms with Crippen LogP contribution in [0.4, 0.5) is 8.78 Å². The average Bonchev–Trinajstić information content (AvgIpc) is 2.37. The number of halogens is 2. The molecule has 0 saturated heterocycles. The normalized spacial score (nSPS) is 12.8. The monoisotopic (exact) mass is 302 g/mol. The Kier molecular flexibility index (Phi) is 4.03. The van der Waals surface area contributed by atoms with Crippen LogP contribution in [0.1, 0.15) is 5.56 Å². The van der Waals surface area contributed by atoms with Gasteiger partial charge in [-0.15, -0.1) is 0 Å². The Morgan fingerprint density at radius 1 is 1.10 bits per heavy atom. The molecule has 2 aromatic rings. The van der Waals surface area contributed by atoms with E-state index in [0.29, 0.717) is 5.56 Å². The lowest BCUT2D eigenvalue weighted by molar-refractivity contribution is -0.0264. The highest BCUT2D eigenvalue weighted by Gasteiger charge is 2.44. The van der Waals surface area contributed by atoms with Crippen LogP contribution in [0.15, 0.2) is 42.5 Å². The number of ether oxygens (including phenoxy) is 1. The van der Waals surface area contributed by atoms with Crippen LogP contribution in [0, 0.1) is 0 Å². The van der Waals surface area contributed by atoms with Gasteiger partial charge in [-0.2, -0.15) is 17.2 Å². The molecule has 108 valence electrons. The molecule has 0 amide bonds. The maximum absolute atomic E-state index is 12.9. The molecule has 0 saturated carbocycles. The smallest absolute Gasteiger partial charge is 0.369 e. The molecule has 4 nitrogen and oxygen atoms in total. The van der Waals surface area contributed by atoms with Crippen LogP contribution in [-0.2, 0) is 21.5 Å². The Hall–Kier alpha value is -1.57. The minimum Gasteiger partial charge on any atom is -0.369 e. The van der Waals surface area contributed by atoms with Crippen molar-refractivity contribution in [2.45, 2.75) is 11.9 Å². The third-order valence-corrected chi connectivity index (χ3v) is 3.60. The topological polar surface area (TPSA) is 63.6 Å². The van der Waals surface area contributed by atoms with Crippen molar-refractivity contribution in [3.63, 3.8) is 0 Å². The second kappa shape index (κ2) is 5.43. The number of hydrogen-bond acceptors (Lipinski definition) is 3. The predicted molar refractivity (Wildman–Crippen MR) is 70.1 cm³/mol. The molecule has 0 aromatic heterocycles. The first kappa shape index (κ1) is 14.8. The van der Waals surface area contributed by atoms with E-state index >= 15 is 0 Å². The standard InChI is InChI=1S/C13H12F2O4S/c14-13(15,20(16,17)18)9-19-8-10-5-6-11-3-1-2-4-12(11)7-10/h1-7H,8-9H2,(H,16,17,18). The van der Waals surface area contributed by atoms with E-state index in [1.54, 1.807) is 12.1 Å². The highest BCUT2D eigenvalue weighted by Crippen LogP contribution is 2.22. The zero-order valence-corrected chi connectivity index (χ0v) is 11.1. The van der Waals surface area contributed by atoms with Gasteiger partial charge in [-0.05, 0) is 22.4 Å². The third kappa shape index (κ3) is 3.30. The van der Waals surface area contributed by atoms with Gasteiger partial charge in [-0.25, -0.2) is 0 Å². The molecule has 0 heterocycles. The Morgan fingerprint density at radius 2 is 1.75 bits per heavy atom. The molecular weight excluding hydrogens is 290 g/mol. The van der Waals surface area contributed by atoms with Crippen molar-refractivity contribution in [3.05, 3.63) is 48.0 Å². The number of fused-ring (bicyclic) bond motifs is 1. The number of benzene rings is 2. The first-order valence-electron chi connectivity index (χ1n) is 5.70. The molecule has 0 aliphatic rings. The SMILES string of the molecule is O=S(=O)(O)C(F)(F)COCc1ccc2ccccc2c1. The first-order valence-corrected chi connectivity index (χ1v) is 7.14. The average molecular weight is 302 g/mol. The number of rotatable bonds is 5. The highest BCUT2D eigenvalue weighted by molar-refractivity contribution is 7.86. The zero-order valence-electron chi connectivity index (χ0n) is 10.3. The Balaban J connectivity index is 2.03. The molecule has 0 radical (unpaired) electrons. The highest BCUT2D eigenvalue weighted by atomic mass is 32.2. The van der Waals surface area contributed by atoms with E-state index in [1.165, 1.54) is 0 Å². The van der Waals surface area contributed by atoms with Gasteiger partial charge >= 0.3 is 15.4 Å². The van der Waals surface area contributed by atoms with Gasteiger partial charge in [0.05, 0.1) is 6.61 Å². The molecule has 7 heteroatoms. The van der Waals surface area contributed by atoms with Crippen LogP contribution in [0.5, 0.6) is 0 Å². The summed E-state index contributed by atoms with van der Waals surface area (Å²) in [6.07, 6.45) is 0. The second-order valence-electron chi connectivity index (χ2n) is 4.29.